The van der Waals surface area contributed by atoms with Gasteiger partial charge >= 0.3 is 0 Å². The van der Waals surface area contributed by atoms with Gasteiger partial charge in [0.1, 0.15) is 12.1 Å². The molecule has 0 unspecified atom stereocenters. The summed E-state index contributed by atoms with van der Waals surface area (Å²) in [5.74, 6) is 0.557. The fraction of sp³-hybridized carbons (Fsp3) is 0.160. The lowest BCUT2D eigenvalue weighted by Crippen LogP contribution is -2.28. The number of fused-ring (bicyclic) bond motifs is 3. The first kappa shape index (κ1) is 20.6. The highest BCUT2D eigenvalue weighted by atomic mass is 32.2. The van der Waals surface area contributed by atoms with E-state index < -0.39 is 0 Å². The van der Waals surface area contributed by atoms with E-state index in [0.717, 1.165) is 46.4 Å². The smallest absolute Gasteiger partial charge is 0.277 e. The van der Waals surface area contributed by atoms with E-state index >= 15 is 0 Å². The van der Waals surface area contributed by atoms with Crippen molar-refractivity contribution in [1.29, 1.82) is 0 Å². The van der Waals surface area contributed by atoms with Gasteiger partial charge in [0, 0.05) is 0 Å². The number of amides is 1. The summed E-state index contributed by atoms with van der Waals surface area (Å²) in [6, 6.07) is 23.9. The molecule has 0 fully saturated rings. The highest BCUT2D eigenvalue weighted by Gasteiger charge is 2.26. The van der Waals surface area contributed by atoms with Crippen LogP contribution in [0.3, 0.4) is 0 Å². The molecule has 0 spiro atoms. The Morgan fingerprint density at radius 1 is 0.853 bits per heavy atom. The molecule has 1 aliphatic heterocycles. The van der Waals surface area contributed by atoms with E-state index in [4.69, 9.17) is 4.42 Å². The van der Waals surface area contributed by atoms with E-state index in [0.29, 0.717) is 17.7 Å². The minimum atomic E-state index is -0.0335. The quantitative estimate of drug-likeness (QED) is 0.353. The Labute approximate surface area is 199 Å². The zero-order valence-corrected chi connectivity index (χ0v) is 19.0. The van der Waals surface area contributed by atoms with E-state index in [2.05, 4.69) is 32.6 Å². The molecule has 0 radical (unpaired) electrons. The molecule has 5 aromatic rings. The molecular formula is C25H20N6O2S. The van der Waals surface area contributed by atoms with Crippen molar-refractivity contribution in [2.24, 2.45) is 0 Å². The molecule has 3 aromatic carbocycles. The Hall–Kier alpha value is -3.98. The van der Waals surface area contributed by atoms with Crippen LogP contribution in [0.15, 0.2) is 82.4 Å². The van der Waals surface area contributed by atoms with Gasteiger partial charge in [-0.3, -0.25) is 9.69 Å². The number of aromatic nitrogens is 5. The molecule has 168 valence electrons. The van der Waals surface area contributed by atoms with Crippen LogP contribution in [0.1, 0.15) is 17.0 Å². The minimum Gasteiger partial charge on any atom is -0.414 e. The van der Waals surface area contributed by atoms with Crippen LogP contribution in [-0.2, 0) is 24.2 Å². The Morgan fingerprint density at radius 2 is 1.53 bits per heavy atom. The average molecular weight is 469 g/mol. The molecule has 34 heavy (non-hydrogen) atoms. The van der Waals surface area contributed by atoms with Crippen LogP contribution in [-0.4, -0.2) is 36.9 Å². The number of hydrogen-bond acceptors (Lipinski definition) is 7. The molecule has 1 amide bonds. The molecule has 3 heterocycles. The molecule has 0 bridgehead atoms. The first-order chi connectivity index (χ1) is 16.8. The Balaban J connectivity index is 1.20. The van der Waals surface area contributed by atoms with Crippen molar-refractivity contribution in [2.45, 2.75) is 24.6 Å². The van der Waals surface area contributed by atoms with E-state index in [1.807, 2.05) is 65.6 Å². The van der Waals surface area contributed by atoms with Crippen molar-refractivity contribution in [2.75, 3.05) is 10.7 Å². The lowest BCUT2D eigenvalue weighted by molar-refractivity contribution is -0.115. The molecule has 9 heteroatoms. The molecule has 0 saturated heterocycles. The van der Waals surface area contributed by atoms with Crippen molar-refractivity contribution in [3.63, 3.8) is 0 Å². The van der Waals surface area contributed by atoms with Crippen molar-refractivity contribution in [3.05, 3.63) is 89.8 Å². The summed E-state index contributed by atoms with van der Waals surface area (Å²) in [5, 5.41) is 16.9. The van der Waals surface area contributed by atoms with Crippen LogP contribution in [0.25, 0.3) is 11.0 Å². The molecule has 1 aliphatic rings. The van der Waals surface area contributed by atoms with E-state index in [1.54, 1.807) is 4.68 Å². The number of carbonyl (C=O) groups is 1. The van der Waals surface area contributed by atoms with Gasteiger partial charge in [-0.1, -0.05) is 65.5 Å². The van der Waals surface area contributed by atoms with Gasteiger partial charge in [-0.05, 0) is 48.2 Å². The van der Waals surface area contributed by atoms with Gasteiger partial charge in [-0.25, -0.2) is 4.68 Å². The summed E-state index contributed by atoms with van der Waals surface area (Å²) in [6.45, 7) is 0.314. The highest BCUT2D eigenvalue weighted by Crippen LogP contribution is 2.36. The number of aryl methyl sites for hydroxylation is 2. The van der Waals surface area contributed by atoms with Crippen molar-refractivity contribution < 1.29 is 9.21 Å². The third-order valence-corrected chi connectivity index (χ3v) is 6.65. The SMILES string of the molecule is O=C(CSc1nnc(Cn2nnc3ccccc32)o1)N1c2ccccc2CCc2ccccc21. The monoisotopic (exact) mass is 468 g/mol. The number of carbonyl (C=O) groups excluding carboxylic acids is 1. The number of hydrogen-bond donors (Lipinski definition) is 0. The maximum atomic E-state index is 13.5. The van der Waals surface area contributed by atoms with Gasteiger partial charge in [0.2, 0.25) is 11.8 Å². The number of thioether (sulfide) groups is 1. The summed E-state index contributed by atoms with van der Waals surface area (Å²) >= 11 is 1.24. The van der Waals surface area contributed by atoms with Gasteiger partial charge in [0.15, 0.2) is 0 Å². The normalized spacial score (nSPS) is 12.9. The minimum absolute atomic E-state index is 0.0335. The number of para-hydroxylation sites is 3. The zero-order valence-electron chi connectivity index (χ0n) is 18.2. The van der Waals surface area contributed by atoms with Gasteiger partial charge in [0.05, 0.1) is 22.6 Å². The van der Waals surface area contributed by atoms with Crippen LogP contribution in [0.4, 0.5) is 11.4 Å². The summed E-state index contributed by atoms with van der Waals surface area (Å²) in [5.41, 5.74) is 5.89. The lowest BCUT2D eigenvalue weighted by Gasteiger charge is -2.24. The maximum Gasteiger partial charge on any atom is 0.277 e. The Morgan fingerprint density at radius 3 is 2.29 bits per heavy atom. The van der Waals surface area contributed by atoms with Crippen molar-refractivity contribution >= 4 is 40.1 Å². The zero-order chi connectivity index (χ0) is 22.9. The molecule has 8 nitrogen and oxygen atoms in total. The maximum absolute atomic E-state index is 13.5. The lowest BCUT2D eigenvalue weighted by atomic mass is 10.0. The predicted molar refractivity (Wildman–Crippen MR) is 129 cm³/mol. The second-order valence-corrected chi connectivity index (χ2v) is 8.90. The summed E-state index contributed by atoms with van der Waals surface area (Å²) in [4.78, 5) is 15.3. The number of anilines is 2. The largest absolute Gasteiger partial charge is 0.414 e. The second-order valence-electron chi connectivity index (χ2n) is 7.97. The Kier molecular flexibility index (Phi) is 5.31. The third-order valence-electron chi connectivity index (χ3n) is 5.85. The van der Waals surface area contributed by atoms with E-state index in [-0.39, 0.29) is 11.7 Å². The summed E-state index contributed by atoms with van der Waals surface area (Å²) in [7, 11) is 0. The fourth-order valence-electron chi connectivity index (χ4n) is 4.26. The standard InChI is InChI=1S/C25H20N6O2S/c32-24(31-20-10-4-1-7-17(20)13-14-18-8-2-5-11-21(18)31)16-34-25-28-27-23(33-25)15-30-22-12-6-3-9-19(22)26-29-30/h1-12H,13-16H2. The third kappa shape index (κ3) is 3.84. The molecule has 0 N–H and O–H groups in total. The van der Waals surface area contributed by atoms with Crippen LogP contribution in [0, 0.1) is 0 Å². The van der Waals surface area contributed by atoms with Gasteiger partial charge in [-0.2, -0.15) is 0 Å². The molecule has 0 saturated carbocycles. The van der Waals surface area contributed by atoms with E-state index in [9.17, 15) is 4.79 Å². The Bertz CT molecular complexity index is 1450. The topological polar surface area (TPSA) is 89.9 Å². The molecule has 0 aliphatic carbocycles. The molecule has 0 atom stereocenters. The van der Waals surface area contributed by atoms with Crippen molar-refractivity contribution in [3.8, 4) is 0 Å². The average Bonchev–Trinajstić information content (AvgIpc) is 3.46. The second kappa shape index (κ2) is 8.75. The van der Waals surface area contributed by atoms with Crippen LogP contribution in [0.2, 0.25) is 0 Å². The summed E-state index contributed by atoms with van der Waals surface area (Å²) < 4.78 is 7.50. The van der Waals surface area contributed by atoms with Crippen LogP contribution < -0.4 is 4.90 Å². The van der Waals surface area contributed by atoms with Crippen LogP contribution in [0.5, 0.6) is 0 Å². The fourth-order valence-corrected chi connectivity index (χ4v) is 4.89. The predicted octanol–water partition coefficient (Wildman–Crippen LogP) is 4.42. The van der Waals surface area contributed by atoms with Gasteiger partial charge < -0.3 is 4.42 Å². The number of rotatable bonds is 5. The molecule has 6 rings (SSSR count). The van der Waals surface area contributed by atoms with Crippen LogP contribution >= 0.6 is 11.8 Å². The van der Waals surface area contributed by atoms with Gasteiger partial charge in [0.25, 0.3) is 5.22 Å². The number of nitrogens with zero attached hydrogens (tertiary/aromatic N) is 6. The van der Waals surface area contributed by atoms with E-state index in [1.165, 1.54) is 11.8 Å². The first-order valence-corrected chi connectivity index (χ1v) is 12.0. The first-order valence-electron chi connectivity index (χ1n) is 11.0. The molecule has 2 aromatic heterocycles. The molecular weight excluding hydrogens is 448 g/mol. The van der Waals surface area contributed by atoms with Gasteiger partial charge in [-0.15, -0.1) is 15.3 Å². The number of benzene rings is 3. The van der Waals surface area contributed by atoms with Crippen molar-refractivity contribution in [1.82, 2.24) is 25.2 Å². The summed E-state index contributed by atoms with van der Waals surface area (Å²) in [6.07, 6.45) is 1.79. The highest BCUT2D eigenvalue weighted by molar-refractivity contribution is 7.99.